The van der Waals surface area contributed by atoms with E-state index < -0.39 is 5.79 Å². The lowest BCUT2D eigenvalue weighted by Crippen LogP contribution is -2.57. The molecule has 1 fully saturated rings. The molecule has 1 rings (SSSR count). The number of hydrogen-bond acceptors (Lipinski definition) is 4. The summed E-state index contributed by atoms with van der Waals surface area (Å²) in [5.41, 5.74) is 0. The van der Waals surface area contributed by atoms with E-state index >= 15 is 0 Å². The molecule has 0 saturated carbocycles. The van der Waals surface area contributed by atoms with Gasteiger partial charge in [-0.3, -0.25) is 0 Å². The number of methoxy groups -OCH3 is 2. The van der Waals surface area contributed by atoms with Crippen molar-refractivity contribution in [3.8, 4) is 0 Å². The van der Waals surface area contributed by atoms with Crippen molar-refractivity contribution < 1.29 is 14.2 Å². The molecule has 1 unspecified atom stereocenters. The van der Waals surface area contributed by atoms with Crippen LogP contribution < -0.4 is 5.32 Å². The molecule has 13 heavy (non-hydrogen) atoms. The van der Waals surface area contributed by atoms with E-state index in [-0.39, 0.29) is 6.10 Å². The Kier molecular flexibility index (Phi) is 4.12. The fraction of sp³-hybridized carbons (Fsp3) is 1.00. The van der Waals surface area contributed by atoms with Gasteiger partial charge < -0.3 is 19.5 Å². The van der Waals surface area contributed by atoms with Crippen LogP contribution in [-0.2, 0) is 14.2 Å². The van der Waals surface area contributed by atoms with Gasteiger partial charge in [-0.15, -0.1) is 0 Å². The highest BCUT2D eigenvalue weighted by molar-refractivity contribution is 4.87. The van der Waals surface area contributed by atoms with Crippen LogP contribution in [0.5, 0.6) is 0 Å². The summed E-state index contributed by atoms with van der Waals surface area (Å²) in [6.45, 7) is 4.35. The van der Waals surface area contributed by atoms with E-state index in [4.69, 9.17) is 14.2 Å². The predicted octanol–water partition coefficient (Wildman–Crippen LogP) is 0.374. The summed E-state index contributed by atoms with van der Waals surface area (Å²) in [5, 5.41) is 3.26. The third-order valence-corrected chi connectivity index (χ3v) is 2.53. The molecule has 0 amide bonds. The number of hydrogen-bond donors (Lipinski definition) is 1. The van der Waals surface area contributed by atoms with Crippen molar-refractivity contribution in [3.63, 3.8) is 0 Å². The van der Waals surface area contributed by atoms with E-state index in [1.165, 1.54) is 0 Å². The summed E-state index contributed by atoms with van der Waals surface area (Å²) in [4.78, 5) is 0. The van der Waals surface area contributed by atoms with Gasteiger partial charge in [0.2, 0.25) is 0 Å². The van der Waals surface area contributed by atoms with Crippen molar-refractivity contribution in [3.05, 3.63) is 0 Å². The van der Waals surface area contributed by atoms with Gasteiger partial charge in [-0.25, -0.2) is 0 Å². The summed E-state index contributed by atoms with van der Waals surface area (Å²) in [6, 6.07) is 0. The lowest BCUT2D eigenvalue weighted by atomic mass is 10.0. The molecule has 4 nitrogen and oxygen atoms in total. The Morgan fingerprint density at radius 1 is 1.38 bits per heavy atom. The van der Waals surface area contributed by atoms with Crippen molar-refractivity contribution in [2.24, 2.45) is 0 Å². The maximum absolute atomic E-state index is 5.57. The summed E-state index contributed by atoms with van der Waals surface area (Å²) >= 11 is 0. The minimum Gasteiger partial charge on any atom is -0.372 e. The lowest BCUT2D eigenvalue weighted by Gasteiger charge is -2.41. The molecule has 0 aromatic heterocycles. The predicted molar refractivity (Wildman–Crippen MR) is 49.6 cm³/mol. The number of ether oxygens (including phenoxy) is 3. The summed E-state index contributed by atoms with van der Waals surface area (Å²) in [6.07, 6.45) is 0.811. The Labute approximate surface area is 79.5 Å². The first-order valence-electron chi connectivity index (χ1n) is 4.71. The van der Waals surface area contributed by atoms with E-state index in [1.54, 1.807) is 14.2 Å². The zero-order chi connectivity index (χ0) is 9.73. The molecule has 0 bridgehead atoms. The largest absolute Gasteiger partial charge is 0.372 e. The average molecular weight is 189 g/mol. The van der Waals surface area contributed by atoms with Gasteiger partial charge in [-0.1, -0.05) is 0 Å². The van der Waals surface area contributed by atoms with E-state index in [2.05, 4.69) is 5.32 Å². The highest BCUT2D eigenvalue weighted by atomic mass is 16.7. The van der Waals surface area contributed by atoms with Crippen molar-refractivity contribution in [1.82, 2.24) is 5.32 Å². The van der Waals surface area contributed by atoms with Crippen molar-refractivity contribution in [2.75, 3.05) is 33.9 Å². The minimum atomic E-state index is -0.554. The molecule has 1 aliphatic heterocycles. The minimum absolute atomic E-state index is 0.0127. The Balaban J connectivity index is 2.63. The lowest BCUT2D eigenvalue weighted by molar-refractivity contribution is -0.277. The molecule has 1 heterocycles. The van der Waals surface area contributed by atoms with Gasteiger partial charge >= 0.3 is 0 Å². The molecule has 0 radical (unpaired) electrons. The molecule has 0 aliphatic carbocycles. The van der Waals surface area contributed by atoms with E-state index in [0.717, 1.165) is 19.5 Å². The highest BCUT2D eigenvalue weighted by Gasteiger charge is 2.42. The topological polar surface area (TPSA) is 39.7 Å². The van der Waals surface area contributed by atoms with Crippen molar-refractivity contribution >= 4 is 0 Å². The maximum Gasteiger partial charge on any atom is 0.196 e. The quantitative estimate of drug-likeness (QED) is 0.649. The molecular weight excluding hydrogens is 170 g/mol. The monoisotopic (exact) mass is 189 g/mol. The van der Waals surface area contributed by atoms with Crippen LogP contribution >= 0.6 is 0 Å². The molecule has 0 spiro atoms. The van der Waals surface area contributed by atoms with Gasteiger partial charge in [0, 0.05) is 40.3 Å². The van der Waals surface area contributed by atoms with Crippen molar-refractivity contribution in [1.29, 1.82) is 0 Å². The average Bonchev–Trinajstić information content (AvgIpc) is 2.20. The van der Waals surface area contributed by atoms with E-state index in [9.17, 15) is 0 Å². The molecule has 1 atom stereocenters. The molecule has 1 N–H and O–H groups in total. The maximum atomic E-state index is 5.57. The SMILES string of the molecule is CCOC1CNCCC1(OC)OC. The molecule has 0 aromatic carbocycles. The Morgan fingerprint density at radius 2 is 2.08 bits per heavy atom. The van der Waals surface area contributed by atoms with Crippen LogP contribution in [0.25, 0.3) is 0 Å². The second kappa shape index (κ2) is 4.91. The molecule has 0 aromatic rings. The first kappa shape index (κ1) is 10.9. The van der Waals surface area contributed by atoms with Crippen LogP contribution in [0, 0.1) is 0 Å². The van der Waals surface area contributed by atoms with Gasteiger partial charge in [0.25, 0.3) is 0 Å². The second-order valence-corrected chi connectivity index (χ2v) is 3.12. The standard InChI is InChI=1S/C9H19NO3/c1-4-13-8-7-10-6-5-9(8,11-2)12-3/h8,10H,4-7H2,1-3H3. The van der Waals surface area contributed by atoms with Gasteiger partial charge in [-0.2, -0.15) is 0 Å². The van der Waals surface area contributed by atoms with Crippen LogP contribution in [0.3, 0.4) is 0 Å². The van der Waals surface area contributed by atoms with Crippen molar-refractivity contribution in [2.45, 2.75) is 25.2 Å². The van der Waals surface area contributed by atoms with Gasteiger partial charge in [0.1, 0.15) is 6.10 Å². The summed E-state index contributed by atoms with van der Waals surface area (Å²) in [7, 11) is 3.34. The van der Waals surface area contributed by atoms with Gasteiger partial charge in [0.15, 0.2) is 5.79 Å². The van der Waals surface area contributed by atoms with Gasteiger partial charge in [0.05, 0.1) is 0 Å². The normalized spacial score (nSPS) is 27.5. The molecule has 1 saturated heterocycles. The fourth-order valence-corrected chi connectivity index (χ4v) is 1.75. The molecule has 78 valence electrons. The summed E-state index contributed by atoms with van der Waals surface area (Å²) < 4.78 is 16.4. The van der Waals surface area contributed by atoms with E-state index in [0.29, 0.717) is 6.61 Å². The molecular formula is C9H19NO3. The number of nitrogens with one attached hydrogen (secondary N) is 1. The smallest absolute Gasteiger partial charge is 0.196 e. The van der Waals surface area contributed by atoms with Crippen LogP contribution in [0.2, 0.25) is 0 Å². The molecule has 1 aliphatic rings. The number of piperidine rings is 1. The highest BCUT2D eigenvalue weighted by Crippen LogP contribution is 2.25. The first-order chi connectivity index (χ1) is 6.29. The Bertz CT molecular complexity index is 146. The van der Waals surface area contributed by atoms with Crippen LogP contribution in [0.4, 0.5) is 0 Å². The summed E-state index contributed by atoms with van der Waals surface area (Å²) in [5.74, 6) is -0.554. The zero-order valence-corrected chi connectivity index (χ0v) is 8.63. The van der Waals surface area contributed by atoms with Crippen LogP contribution in [0.15, 0.2) is 0 Å². The third kappa shape index (κ3) is 2.20. The number of rotatable bonds is 4. The zero-order valence-electron chi connectivity index (χ0n) is 8.63. The van der Waals surface area contributed by atoms with E-state index in [1.807, 2.05) is 6.92 Å². The second-order valence-electron chi connectivity index (χ2n) is 3.12. The third-order valence-electron chi connectivity index (χ3n) is 2.53. The van der Waals surface area contributed by atoms with Crippen LogP contribution in [0.1, 0.15) is 13.3 Å². The molecule has 4 heteroatoms. The Morgan fingerprint density at radius 3 is 2.62 bits per heavy atom. The van der Waals surface area contributed by atoms with Crippen LogP contribution in [-0.4, -0.2) is 45.8 Å². The first-order valence-corrected chi connectivity index (χ1v) is 4.71. The van der Waals surface area contributed by atoms with Gasteiger partial charge in [-0.05, 0) is 6.92 Å². The fourth-order valence-electron chi connectivity index (χ4n) is 1.75. The Hall–Kier alpha value is -0.160.